The van der Waals surface area contributed by atoms with E-state index < -0.39 is 5.82 Å². The average molecular weight is 303 g/mol. The predicted octanol–water partition coefficient (Wildman–Crippen LogP) is 4.92. The van der Waals surface area contributed by atoms with Crippen LogP contribution >= 0.6 is 11.6 Å². The summed E-state index contributed by atoms with van der Waals surface area (Å²) in [7, 11) is 0. The maximum Gasteiger partial charge on any atom is 0.162 e. The van der Waals surface area contributed by atoms with Gasteiger partial charge in [0.25, 0.3) is 0 Å². The normalized spacial score (nSPS) is 10.8. The highest BCUT2D eigenvalue weighted by Crippen LogP contribution is 2.32. The highest BCUT2D eigenvalue weighted by molar-refractivity contribution is 6.31. The first-order valence-corrected chi connectivity index (χ1v) is 6.80. The van der Waals surface area contributed by atoms with E-state index in [-0.39, 0.29) is 12.4 Å². The Morgan fingerprint density at radius 3 is 2.43 bits per heavy atom. The van der Waals surface area contributed by atoms with E-state index in [4.69, 9.17) is 16.3 Å². The molecule has 0 atom stereocenters. The van der Waals surface area contributed by atoms with Crippen molar-refractivity contribution in [3.8, 4) is 11.5 Å². The third kappa shape index (κ3) is 2.93. The molecule has 0 aliphatic heterocycles. The number of fused-ring (bicyclic) bond motifs is 1. The molecule has 0 aromatic heterocycles. The first-order valence-electron chi connectivity index (χ1n) is 6.42. The van der Waals surface area contributed by atoms with Crippen LogP contribution in [0.3, 0.4) is 0 Å². The lowest BCUT2D eigenvalue weighted by Crippen LogP contribution is -1.97. The molecule has 4 heteroatoms. The second-order valence-corrected chi connectivity index (χ2v) is 5.10. The van der Waals surface area contributed by atoms with E-state index >= 15 is 0 Å². The number of aromatic hydroxyl groups is 1. The third-order valence-corrected chi connectivity index (χ3v) is 3.58. The van der Waals surface area contributed by atoms with E-state index in [0.717, 1.165) is 10.8 Å². The zero-order valence-electron chi connectivity index (χ0n) is 11.0. The Kier molecular flexibility index (Phi) is 3.67. The van der Waals surface area contributed by atoms with Crippen LogP contribution in [0.4, 0.5) is 4.39 Å². The smallest absolute Gasteiger partial charge is 0.162 e. The molecule has 0 fully saturated rings. The highest BCUT2D eigenvalue weighted by Gasteiger charge is 2.07. The lowest BCUT2D eigenvalue weighted by atomic mass is 10.1. The standard InChI is InChI=1S/C17H12ClFO2/c18-15-9-14(19)6-5-13(15)10-21-17-8-12-4-2-1-3-11(12)7-16(17)20/h1-9,20H,10H2. The van der Waals surface area contributed by atoms with Gasteiger partial charge in [0.1, 0.15) is 12.4 Å². The summed E-state index contributed by atoms with van der Waals surface area (Å²) in [6.07, 6.45) is 0. The van der Waals surface area contributed by atoms with Crippen LogP contribution in [0.1, 0.15) is 5.56 Å². The van der Waals surface area contributed by atoms with Gasteiger partial charge < -0.3 is 9.84 Å². The van der Waals surface area contributed by atoms with E-state index in [0.29, 0.717) is 16.3 Å². The summed E-state index contributed by atoms with van der Waals surface area (Å²) in [5.41, 5.74) is 0.658. The van der Waals surface area contributed by atoms with Crippen molar-refractivity contribution in [2.24, 2.45) is 0 Å². The summed E-state index contributed by atoms with van der Waals surface area (Å²) >= 11 is 5.95. The fourth-order valence-corrected chi connectivity index (χ4v) is 2.34. The maximum atomic E-state index is 13.0. The van der Waals surface area contributed by atoms with Gasteiger partial charge in [-0.2, -0.15) is 0 Å². The molecule has 0 heterocycles. The quantitative estimate of drug-likeness (QED) is 0.744. The molecule has 0 bridgehead atoms. The number of phenolic OH excluding ortho intramolecular Hbond substituents is 1. The van der Waals surface area contributed by atoms with Gasteiger partial charge in [-0.25, -0.2) is 4.39 Å². The van der Waals surface area contributed by atoms with Crippen molar-refractivity contribution in [1.82, 2.24) is 0 Å². The molecule has 21 heavy (non-hydrogen) atoms. The molecule has 0 saturated carbocycles. The van der Waals surface area contributed by atoms with Crippen LogP contribution in [0, 0.1) is 5.82 Å². The van der Waals surface area contributed by atoms with Gasteiger partial charge in [0.05, 0.1) is 5.02 Å². The van der Waals surface area contributed by atoms with Gasteiger partial charge in [-0.1, -0.05) is 41.9 Å². The Morgan fingerprint density at radius 2 is 1.71 bits per heavy atom. The zero-order valence-corrected chi connectivity index (χ0v) is 11.8. The first-order chi connectivity index (χ1) is 10.1. The SMILES string of the molecule is Oc1cc2ccccc2cc1OCc1ccc(F)cc1Cl. The monoisotopic (exact) mass is 302 g/mol. The first kappa shape index (κ1) is 13.7. The summed E-state index contributed by atoms with van der Waals surface area (Å²) in [5.74, 6) is 0.0401. The Balaban J connectivity index is 1.86. The van der Waals surface area contributed by atoms with Crippen LogP contribution in [0.2, 0.25) is 5.02 Å². The molecular formula is C17H12ClFO2. The largest absolute Gasteiger partial charge is 0.504 e. The molecule has 3 rings (SSSR count). The summed E-state index contributed by atoms with van der Waals surface area (Å²) < 4.78 is 18.6. The van der Waals surface area contributed by atoms with Crippen molar-refractivity contribution in [2.75, 3.05) is 0 Å². The van der Waals surface area contributed by atoms with Crippen molar-refractivity contribution < 1.29 is 14.2 Å². The molecule has 0 unspecified atom stereocenters. The molecule has 106 valence electrons. The van der Waals surface area contributed by atoms with Gasteiger partial charge >= 0.3 is 0 Å². The highest BCUT2D eigenvalue weighted by atomic mass is 35.5. The lowest BCUT2D eigenvalue weighted by Gasteiger charge is -2.10. The number of ether oxygens (including phenoxy) is 1. The molecule has 0 spiro atoms. The van der Waals surface area contributed by atoms with Gasteiger partial charge in [0.2, 0.25) is 0 Å². The molecule has 0 saturated heterocycles. The molecule has 0 aliphatic carbocycles. The van der Waals surface area contributed by atoms with Gasteiger partial charge in [0, 0.05) is 5.56 Å². The van der Waals surface area contributed by atoms with E-state index in [1.165, 1.54) is 12.1 Å². The Hall–Kier alpha value is -2.26. The van der Waals surface area contributed by atoms with Crippen LogP contribution in [0.15, 0.2) is 54.6 Å². The van der Waals surface area contributed by atoms with Crippen molar-refractivity contribution in [3.05, 3.63) is 71.0 Å². The minimum atomic E-state index is -0.391. The Morgan fingerprint density at radius 1 is 1.00 bits per heavy atom. The van der Waals surface area contributed by atoms with Crippen LogP contribution < -0.4 is 4.74 Å². The number of hydrogen-bond donors (Lipinski definition) is 1. The van der Waals surface area contributed by atoms with E-state index in [1.807, 2.05) is 24.3 Å². The van der Waals surface area contributed by atoms with E-state index in [2.05, 4.69) is 0 Å². The van der Waals surface area contributed by atoms with Crippen molar-refractivity contribution in [2.45, 2.75) is 6.61 Å². The van der Waals surface area contributed by atoms with Crippen LogP contribution in [0.5, 0.6) is 11.5 Å². The maximum absolute atomic E-state index is 13.0. The minimum Gasteiger partial charge on any atom is -0.504 e. The topological polar surface area (TPSA) is 29.5 Å². The molecule has 3 aromatic rings. The predicted molar refractivity (Wildman–Crippen MR) is 81.4 cm³/mol. The lowest BCUT2D eigenvalue weighted by molar-refractivity contribution is 0.289. The number of halogens is 2. The van der Waals surface area contributed by atoms with Gasteiger partial charge in [-0.15, -0.1) is 0 Å². The van der Waals surface area contributed by atoms with Gasteiger partial charge in [-0.05, 0) is 35.0 Å². The number of phenols is 1. The molecule has 1 N–H and O–H groups in total. The molecule has 0 radical (unpaired) electrons. The third-order valence-electron chi connectivity index (χ3n) is 3.23. The second kappa shape index (κ2) is 5.62. The molecule has 0 aliphatic rings. The zero-order chi connectivity index (χ0) is 14.8. The van der Waals surface area contributed by atoms with Gasteiger partial charge in [0.15, 0.2) is 11.5 Å². The van der Waals surface area contributed by atoms with Crippen molar-refractivity contribution >= 4 is 22.4 Å². The Labute approximate surface area is 126 Å². The minimum absolute atomic E-state index is 0.0620. The molecule has 3 aromatic carbocycles. The number of benzene rings is 3. The average Bonchev–Trinajstić information content (AvgIpc) is 2.46. The van der Waals surface area contributed by atoms with Crippen molar-refractivity contribution in [3.63, 3.8) is 0 Å². The summed E-state index contributed by atoms with van der Waals surface area (Å²) in [4.78, 5) is 0. The van der Waals surface area contributed by atoms with Crippen LogP contribution in [-0.4, -0.2) is 5.11 Å². The van der Waals surface area contributed by atoms with Gasteiger partial charge in [-0.3, -0.25) is 0 Å². The van der Waals surface area contributed by atoms with Crippen LogP contribution in [-0.2, 0) is 6.61 Å². The summed E-state index contributed by atoms with van der Waals surface area (Å²) in [5, 5.41) is 12.2. The Bertz CT molecular complexity index is 802. The fourth-order valence-electron chi connectivity index (χ4n) is 2.12. The second-order valence-electron chi connectivity index (χ2n) is 4.69. The van der Waals surface area contributed by atoms with Crippen LogP contribution in [0.25, 0.3) is 10.8 Å². The van der Waals surface area contributed by atoms with E-state index in [9.17, 15) is 9.50 Å². The summed E-state index contributed by atoms with van der Waals surface area (Å²) in [6.45, 7) is 0.158. The molecule has 0 amide bonds. The molecule has 2 nitrogen and oxygen atoms in total. The fraction of sp³-hybridized carbons (Fsp3) is 0.0588. The van der Waals surface area contributed by atoms with Crippen molar-refractivity contribution in [1.29, 1.82) is 0 Å². The summed E-state index contributed by atoms with van der Waals surface area (Å²) in [6, 6.07) is 15.2. The number of hydrogen-bond acceptors (Lipinski definition) is 2. The van der Waals surface area contributed by atoms with E-state index in [1.54, 1.807) is 18.2 Å². The number of rotatable bonds is 3. The molecular weight excluding hydrogens is 291 g/mol.